The van der Waals surface area contributed by atoms with E-state index in [1.54, 1.807) is 10.8 Å². The zero-order valence-electron chi connectivity index (χ0n) is 20.1. The van der Waals surface area contributed by atoms with Gasteiger partial charge in [0.25, 0.3) is 5.56 Å². The van der Waals surface area contributed by atoms with E-state index in [1.807, 2.05) is 79.4 Å². The van der Waals surface area contributed by atoms with Crippen LogP contribution < -0.4 is 15.8 Å². The predicted octanol–water partition coefficient (Wildman–Crippen LogP) is 4.31. The van der Waals surface area contributed by atoms with Crippen LogP contribution in [0.5, 0.6) is 0 Å². The van der Waals surface area contributed by atoms with Gasteiger partial charge < -0.3 is 10.2 Å². The maximum absolute atomic E-state index is 13.7. The van der Waals surface area contributed by atoms with Crippen molar-refractivity contribution in [3.05, 3.63) is 93.9 Å². The number of carbonyl (C=O) groups is 1. The highest BCUT2D eigenvalue weighted by atomic mass is 16.2. The lowest BCUT2D eigenvalue weighted by atomic mass is 9.97. The van der Waals surface area contributed by atoms with Crippen LogP contribution in [0.4, 0.5) is 11.5 Å². The summed E-state index contributed by atoms with van der Waals surface area (Å²) in [6.07, 6.45) is 3.28. The molecule has 1 aliphatic heterocycles. The van der Waals surface area contributed by atoms with Gasteiger partial charge in [0.05, 0.1) is 12.5 Å². The molecule has 4 aromatic rings. The van der Waals surface area contributed by atoms with Crippen molar-refractivity contribution in [2.75, 3.05) is 23.3 Å². The number of piperidine rings is 1. The number of nitrogens with zero attached hydrogens (tertiary/aromatic N) is 4. The van der Waals surface area contributed by atoms with Crippen LogP contribution in [0, 0.1) is 19.8 Å². The molecule has 1 aliphatic rings. The number of pyridine rings is 1. The number of hydrogen-bond donors (Lipinski definition) is 1. The highest BCUT2D eigenvalue weighted by molar-refractivity contribution is 5.93. The van der Waals surface area contributed by atoms with Crippen molar-refractivity contribution in [2.24, 2.45) is 5.92 Å². The summed E-state index contributed by atoms with van der Waals surface area (Å²) < 4.78 is 1.69. The molecule has 1 atom stereocenters. The molecule has 0 saturated carbocycles. The van der Waals surface area contributed by atoms with E-state index in [9.17, 15) is 9.59 Å². The van der Waals surface area contributed by atoms with Crippen molar-refractivity contribution in [1.29, 1.82) is 0 Å². The first-order valence-corrected chi connectivity index (χ1v) is 12.0. The summed E-state index contributed by atoms with van der Waals surface area (Å²) in [5.41, 5.74) is 5.13. The van der Waals surface area contributed by atoms with Gasteiger partial charge in [-0.15, -0.1) is 0 Å². The molecular formula is C28H29N5O2. The van der Waals surface area contributed by atoms with Crippen LogP contribution in [0.1, 0.15) is 29.5 Å². The van der Waals surface area contributed by atoms with Crippen LogP contribution >= 0.6 is 0 Å². The number of nitrogens with one attached hydrogen (secondary N) is 1. The number of carbonyl (C=O) groups excluding carboxylic acids is 1. The summed E-state index contributed by atoms with van der Waals surface area (Å²) in [6, 6.07) is 19.6. The standard InChI is InChI=1S/C28H29N5O2/c1-19-10-12-21(13-11-19)17-33-25-24(9-4-14-29-25)31-26(28(33)35)32-15-5-7-22(18-32)27(34)30-23-8-3-6-20(2)16-23/h3-4,6,8-14,16,22H,5,7,15,17-18H2,1-2H3,(H,30,34)/t22-/m1/s1. The Hall–Kier alpha value is -4.00. The van der Waals surface area contributed by atoms with Gasteiger partial charge in [0.2, 0.25) is 5.91 Å². The summed E-state index contributed by atoms with van der Waals surface area (Å²) in [4.78, 5) is 37.8. The maximum atomic E-state index is 13.7. The molecule has 5 rings (SSSR count). The van der Waals surface area contributed by atoms with Crippen molar-refractivity contribution in [1.82, 2.24) is 14.5 Å². The van der Waals surface area contributed by atoms with E-state index in [-0.39, 0.29) is 17.4 Å². The fraction of sp³-hybridized carbons (Fsp3) is 0.286. The summed E-state index contributed by atoms with van der Waals surface area (Å²) in [6.45, 7) is 5.59. The molecule has 0 spiro atoms. The van der Waals surface area contributed by atoms with E-state index in [4.69, 9.17) is 4.98 Å². The number of aryl methyl sites for hydroxylation is 2. The molecule has 0 aliphatic carbocycles. The molecule has 1 saturated heterocycles. The second-order valence-corrected chi connectivity index (χ2v) is 9.30. The van der Waals surface area contributed by atoms with Gasteiger partial charge >= 0.3 is 0 Å². The molecule has 0 radical (unpaired) electrons. The normalized spacial score (nSPS) is 15.8. The molecule has 1 amide bonds. The minimum absolute atomic E-state index is 0.0252. The number of anilines is 2. The topological polar surface area (TPSA) is 80.1 Å². The lowest BCUT2D eigenvalue weighted by Crippen LogP contribution is -2.44. The zero-order valence-corrected chi connectivity index (χ0v) is 20.1. The zero-order chi connectivity index (χ0) is 24.4. The average Bonchev–Trinajstić information content (AvgIpc) is 2.87. The van der Waals surface area contributed by atoms with Crippen molar-refractivity contribution >= 4 is 28.6 Å². The summed E-state index contributed by atoms with van der Waals surface area (Å²) in [7, 11) is 0. The quantitative estimate of drug-likeness (QED) is 0.473. The van der Waals surface area contributed by atoms with Gasteiger partial charge in [0.1, 0.15) is 5.52 Å². The van der Waals surface area contributed by atoms with Gasteiger partial charge in [0, 0.05) is 25.0 Å². The molecule has 1 N–H and O–H groups in total. The van der Waals surface area contributed by atoms with Crippen LogP contribution in [-0.4, -0.2) is 33.5 Å². The second kappa shape index (κ2) is 9.70. The SMILES string of the molecule is Cc1ccc(Cn2c(=O)c(N3CCC[C@@H](C(=O)Nc4cccc(C)c4)C3)nc3cccnc32)cc1. The molecule has 7 heteroatoms. The average molecular weight is 468 g/mol. The predicted molar refractivity (Wildman–Crippen MR) is 139 cm³/mol. The Balaban J connectivity index is 1.44. The van der Waals surface area contributed by atoms with Crippen LogP contribution in [0.3, 0.4) is 0 Å². The van der Waals surface area contributed by atoms with Gasteiger partial charge in [-0.1, -0.05) is 42.0 Å². The third-order valence-electron chi connectivity index (χ3n) is 6.52. The van der Waals surface area contributed by atoms with E-state index in [1.165, 1.54) is 5.56 Å². The second-order valence-electron chi connectivity index (χ2n) is 9.30. The fourth-order valence-electron chi connectivity index (χ4n) is 4.64. The molecule has 1 fully saturated rings. The van der Waals surface area contributed by atoms with E-state index in [0.29, 0.717) is 36.6 Å². The number of amides is 1. The van der Waals surface area contributed by atoms with Crippen LogP contribution in [-0.2, 0) is 11.3 Å². The molecule has 2 aromatic carbocycles. The van der Waals surface area contributed by atoms with Gasteiger partial charge in [-0.2, -0.15) is 0 Å². The molecule has 2 aromatic heterocycles. The van der Waals surface area contributed by atoms with E-state index in [0.717, 1.165) is 29.7 Å². The minimum atomic E-state index is -0.222. The Bertz CT molecular complexity index is 1430. The molecule has 0 bridgehead atoms. The molecule has 35 heavy (non-hydrogen) atoms. The lowest BCUT2D eigenvalue weighted by Gasteiger charge is -2.32. The van der Waals surface area contributed by atoms with Crippen LogP contribution in [0.2, 0.25) is 0 Å². The van der Waals surface area contributed by atoms with Crippen LogP contribution in [0.25, 0.3) is 11.2 Å². The van der Waals surface area contributed by atoms with Crippen molar-refractivity contribution in [3.63, 3.8) is 0 Å². The van der Waals surface area contributed by atoms with E-state index in [2.05, 4.69) is 10.3 Å². The Morgan fingerprint density at radius 3 is 2.69 bits per heavy atom. The number of benzene rings is 2. The largest absolute Gasteiger partial charge is 0.351 e. The molecule has 0 unspecified atom stereocenters. The number of rotatable bonds is 5. The van der Waals surface area contributed by atoms with Gasteiger partial charge in [0.15, 0.2) is 11.5 Å². The van der Waals surface area contributed by atoms with Crippen molar-refractivity contribution in [2.45, 2.75) is 33.2 Å². The first-order valence-electron chi connectivity index (χ1n) is 12.0. The highest BCUT2D eigenvalue weighted by Gasteiger charge is 2.29. The van der Waals surface area contributed by atoms with Gasteiger partial charge in [-0.3, -0.25) is 14.2 Å². The molecule has 178 valence electrons. The summed E-state index contributed by atoms with van der Waals surface area (Å²) >= 11 is 0. The number of fused-ring (bicyclic) bond motifs is 1. The van der Waals surface area contributed by atoms with Gasteiger partial charge in [-0.25, -0.2) is 9.97 Å². The first kappa shape index (κ1) is 22.8. The van der Waals surface area contributed by atoms with E-state index >= 15 is 0 Å². The summed E-state index contributed by atoms with van der Waals surface area (Å²) in [5.74, 6) is 0.133. The Morgan fingerprint density at radius 2 is 1.89 bits per heavy atom. The Kier molecular flexibility index (Phi) is 6.31. The van der Waals surface area contributed by atoms with Crippen molar-refractivity contribution < 1.29 is 4.79 Å². The fourth-order valence-corrected chi connectivity index (χ4v) is 4.64. The molecule has 7 nitrogen and oxygen atoms in total. The first-order chi connectivity index (χ1) is 17.0. The Morgan fingerprint density at radius 1 is 1.06 bits per heavy atom. The van der Waals surface area contributed by atoms with Gasteiger partial charge in [-0.05, 0) is 62.1 Å². The lowest BCUT2D eigenvalue weighted by molar-refractivity contribution is -0.120. The van der Waals surface area contributed by atoms with E-state index < -0.39 is 0 Å². The maximum Gasteiger partial charge on any atom is 0.295 e. The monoisotopic (exact) mass is 467 g/mol. The Labute approximate surface area is 204 Å². The van der Waals surface area contributed by atoms with Crippen molar-refractivity contribution in [3.8, 4) is 0 Å². The third-order valence-corrected chi connectivity index (χ3v) is 6.52. The highest BCUT2D eigenvalue weighted by Crippen LogP contribution is 2.23. The number of hydrogen-bond acceptors (Lipinski definition) is 5. The molecule has 3 heterocycles. The third kappa shape index (κ3) is 4.94. The smallest absolute Gasteiger partial charge is 0.295 e. The summed E-state index contributed by atoms with van der Waals surface area (Å²) in [5, 5.41) is 3.04. The minimum Gasteiger partial charge on any atom is -0.351 e. The van der Waals surface area contributed by atoms with Crippen LogP contribution in [0.15, 0.2) is 71.7 Å². The number of aromatic nitrogens is 3. The molecular weight excluding hydrogens is 438 g/mol.